The fraction of sp³-hybridized carbons (Fsp3) is 0.889. The Labute approximate surface area is 74.0 Å². The molecule has 0 bridgehead atoms. The van der Waals surface area contributed by atoms with Gasteiger partial charge in [0.25, 0.3) is 0 Å². The van der Waals surface area contributed by atoms with Crippen LogP contribution in [0.1, 0.15) is 38.5 Å². The van der Waals surface area contributed by atoms with Gasteiger partial charge in [-0.05, 0) is 12.3 Å². The second-order valence-electron chi connectivity index (χ2n) is 3.31. The van der Waals surface area contributed by atoms with Gasteiger partial charge in [0.15, 0.2) is 0 Å². The average Bonchev–Trinajstić information content (AvgIpc) is 2.08. The highest BCUT2D eigenvalue weighted by Gasteiger charge is 2.14. The molecule has 1 fully saturated rings. The van der Waals surface area contributed by atoms with E-state index in [2.05, 4.69) is 0 Å². The van der Waals surface area contributed by atoms with E-state index >= 15 is 0 Å². The molecule has 3 nitrogen and oxygen atoms in total. The zero-order valence-electron chi connectivity index (χ0n) is 7.54. The van der Waals surface area contributed by atoms with Crippen LogP contribution in [0.25, 0.3) is 0 Å². The Bertz CT molecular complexity index is 101. The molecule has 0 saturated heterocycles. The van der Waals surface area contributed by atoms with Gasteiger partial charge in [-0.2, -0.15) is 0 Å². The summed E-state index contributed by atoms with van der Waals surface area (Å²) >= 11 is 0. The minimum absolute atomic E-state index is 0.580. The maximum atomic E-state index is 8.88. The van der Waals surface area contributed by atoms with Gasteiger partial charge in [-0.25, -0.2) is 0 Å². The van der Waals surface area contributed by atoms with Gasteiger partial charge < -0.3 is 15.6 Å². The molecule has 72 valence electrons. The molecule has 1 atom stereocenters. The maximum absolute atomic E-state index is 8.88. The standard InChI is InChI=1S/C8H17NO.CH2O/c9-8(10)6-7-4-2-1-3-5-7;1-2/h7-8,10H,1-6,9H2;1H2. The topological polar surface area (TPSA) is 63.3 Å². The van der Waals surface area contributed by atoms with Crippen molar-refractivity contribution < 1.29 is 9.90 Å². The van der Waals surface area contributed by atoms with E-state index in [0.717, 1.165) is 6.42 Å². The third-order valence-corrected chi connectivity index (χ3v) is 2.30. The summed E-state index contributed by atoms with van der Waals surface area (Å²) in [5.41, 5.74) is 5.28. The van der Waals surface area contributed by atoms with Gasteiger partial charge in [0.1, 0.15) is 13.0 Å². The normalized spacial score (nSPS) is 20.8. The minimum Gasteiger partial charge on any atom is -0.379 e. The zero-order chi connectivity index (χ0) is 9.40. The molecular formula is C9H19NO2. The van der Waals surface area contributed by atoms with Gasteiger partial charge in [0.05, 0.1) is 0 Å². The van der Waals surface area contributed by atoms with E-state index in [4.69, 9.17) is 15.6 Å². The summed E-state index contributed by atoms with van der Waals surface area (Å²) in [7, 11) is 0. The van der Waals surface area contributed by atoms with Crippen LogP contribution in [0, 0.1) is 5.92 Å². The predicted octanol–water partition coefficient (Wildman–Crippen LogP) is 1.05. The summed E-state index contributed by atoms with van der Waals surface area (Å²) in [5, 5.41) is 8.88. The highest BCUT2D eigenvalue weighted by atomic mass is 16.3. The monoisotopic (exact) mass is 173 g/mol. The van der Waals surface area contributed by atoms with E-state index in [-0.39, 0.29) is 0 Å². The van der Waals surface area contributed by atoms with Crippen molar-refractivity contribution in [1.29, 1.82) is 0 Å². The van der Waals surface area contributed by atoms with Crippen molar-refractivity contribution in [2.24, 2.45) is 11.7 Å². The van der Waals surface area contributed by atoms with E-state index in [1.807, 2.05) is 6.79 Å². The van der Waals surface area contributed by atoms with Crippen LogP contribution in [0.2, 0.25) is 0 Å². The van der Waals surface area contributed by atoms with Crippen molar-refractivity contribution in [2.75, 3.05) is 0 Å². The van der Waals surface area contributed by atoms with Crippen molar-refractivity contribution in [3.63, 3.8) is 0 Å². The Morgan fingerprint density at radius 2 is 1.83 bits per heavy atom. The lowest BCUT2D eigenvalue weighted by Crippen LogP contribution is -2.23. The highest BCUT2D eigenvalue weighted by Crippen LogP contribution is 2.26. The second kappa shape index (κ2) is 7.25. The molecule has 0 aromatic heterocycles. The lowest BCUT2D eigenvalue weighted by molar-refractivity contribution is -0.0979. The molecule has 0 aromatic carbocycles. The molecule has 0 amide bonds. The van der Waals surface area contributed by atoms with Gasteiger partial charge in [-0.1, -0.05) is 32.1 Å². The third-order valence-electron chi connectivity index (χ3n) is 2.30. The summed E-state index contributed by atoms with van der Waals surface area (Å²) in [6, 6.07) is 0. The lowest BCUT2D eigenvalue weighted by atomic mass is 9.87. The van der Waals surface area contributed by atoms with Crippen molar-refractivity contribution in [2.45, 2.75) is 44.8 Å². The SMILES string of the molecule is C=O.NC(O)CC1CCCCC1. The van der Waals surface area contributed by atoms with Crippen LogP contribution < -0.4 is 5.73 Å². The van der Waals surface area contributed by atoms with E-state index < -0.39 is 6.23 Å². The van der Waals surface area contributed by atoms with Crippen molar-refractivity contribution in [1.82, 2.24) is 0 Å². The Morgan fingerprint density at radius 3 is 2.25 bits per heavy atom. The highest BCUT2D eigenvalue weighted by molar-refractivity contribution is 5.10. The number of aliphatic hydroxyl groups excluding tert-OH is 1. The number of carbonyl (C=O) groups is 1. The first-order chi connectivity index (χ1) is 5.79. The predicted molar refractivity (Wildman–Crippen MR) is 48.5 cm³/mol. The zero-order valence-corrected chi connectivity index (χ0v) is 7.54. The van der Waals surface area contributed by atoms with E-state index in [9.17, 15) is 0 Å². The summed E-state index contributed by atoms with van der Waals surface area (Å²) < 4.78 is 0. The Hall–Kier alpha value is -0.410. The summed E-state index contributed by atoms with van der Waals surface area (Å²) in [6.45, 7) is 2.00. The van der Waals surface area contributed by atoms with Gasteiger partial charge in [0, 0.05) is 0 Å². The van der Waals surface area contributed by atoms with Crippen LogP contribution in [0.5, 0.6) is 0 Å². The number of rotatable bonds is 2. The van der Waals surface area contributed by atoms with Gasteiger partial charge in [-0.3, -0.25) is 0 Å². The number of carbonyl (C=O) groups excluding carboxylic acids is 1. The van der Waals surface area contributed by atoms with Crippen LogP contribution in [0.3, 0.4) is 0 Å². The van der Waals surface area contributed by atoms with E-state index in [0.29, 0.717) is 5.92 Å². The van der Waals surface area contributed by atoms with Crippen LogP contribution in [0.4, 0.5) is 0 Å². The number of aliphatic hydroxyl groups is 1. The Kier molecular flexibility index (Phi) is 7.00. The molecule has 0 aromatic rings. The van der Waals surface area contributed by atoms with E-state index in [1.165, 1.54) is 32.1 Å². The van der Waals surface area contributed by atoms with Gasteiger partial charge in [0.2, 0.25) is 0 Å². The summed E-state index contributed by atoms with van der Waals surface area (Å²) in [5.74, 6) is 0.703. The average molecular weight is 173 g/mol. The first-order valence-electron chi connectivity index (χ1n) is 4.51. The van der Waals surface area contributed by atoms with Gasteiger partial charge >= 0.3 is 0 Å². The molecule has 12 heavy (non-hydrogen) atoms. The molecule has 0 spiro atoms. The molecule has 1 saturated carbocycles. The fourth-order valence-corrected chi connectivity index (χ4v) is 1.76. The minimum atomic E-state index is -0.580. The van der Waals surface area contributed by atoms with Gasteiger partial charge in [-0.15, -0.1) is 0 Å². The number of hydrogen-bond acceptors (Lipinski definition) is 3. The molecular weight excluding hydrogens is 154 g/mol. The molecule has 1 rings (SSSR count). The smallest absolute Gasteiger partial charge is 0.106 e. The molecule has 1 unspecified atom stereocenters. The summed E-state index contributed by atoms with van der Waals surface area (Å²) in [6.07, 6.45) is 6.80. The van der Waals surface area contributed by atoms with E-state index in [1.54, 1.807) is 0 Å². The van der Waals surface area contributed by atoms with Crippen molar-refractivity contribution >= 4 is 6.79 Å². The third kappa shape index (κ3) is 5.27. The van der Waals surface area contributed by atoms with Crippen molar-refractivity contribution in [3.05, 3.63) is 0 Å². The molecule has 0 aliphatic heterocycles. The van der Waals surface area contributed by atoms with Crippen molar-refractivity contribution in [3.8, 4) is 0 Å². The Morgan fingerprint density at radius 1 is 1.33 bits per heavy atom. The maximum Gasteiger partial charge on any atom is 0.106 e. The second-order valence-corrected chi connectivity index (χ2v) is 3.31. The van der Waals surface area contributed by atoms with Crippen LogP contribution in [-0.4, -0.2) is 18.1 Å². The number of hydrogen-bond donors (Lipinski definition) is 2. The molecule has 0 heterocycles. The fourth-order valence-electron chi connectivity index (χ4n) is 1.76. The van der Waals surface area contributed by atoms with Crippen LogP contribution >= 0.6 is 0 Å². The summed E-state index contributed by atoms with van der Waals surface area (Å²) in [4.78, 5) is 8.00. The molecule has 1 aliphatic carbocycles. The quantitative estimate of drug-likeness (QED) is 0.613. The lowest BCUT2D eigenvalue weighted by Gasteiger charge is -2.22. The molecule has 1 aliphatic rings. The Balaban J connectivity index is 0.000000561. The molecule has 3 N–H and O–H groups in total. The number of nitrogens with two attached hydrogens (primary N) is 1. The molecule has 0 radical (unpaired) electrons. The largest absolute Gasteiger partial charge is 0.379 e. The van der Waals surface area contributed by atoms with Crippen LogP contribution in [-0.2, 0) is 4.79 Å². The van der Waals surface area contributed by atoms with Crippen LogP contribution in [0.15, 0.2) is 0 Å². The molecule has 3 heteroatoms. The first-order valence-corrected chi connectivity index (χ1v) is 4.51. The first kappa shape index (κ1) is 11.6.